The summed E-state index contributed by atoms with van der Waals surface area (Å²) in [7, 11) is 0. The van der Waals surface area contributed by atoms with Gasteiger partial charge in [-0.05, 0) is 25.3 Å². The van der Waals surface area contributed by atoms with Gasteiger partial charge in [-0.2, -0.15) is 0 Å². The number of rotatable bonds is 5. The van der Waals surface area contributed by atoms with Crippen molar-refractivity contribution >= 4 is 23.1 Å². The number of hydrogen-bond donors (Lipinski definition) is 1. The first-order valence-electron chi connectivity index (χ1n) is 6.15. The average molecular weight is 279 g/mol. The molecule has 0 amide bonds. The number of nitrogens with zero attached hydrogens (tertiary/aromatic N) is 2. The largest absolute Gasteiger partial charge is 0.461 e. The summed E-state index contributed by atoms with van der Waals surface area (Å²) in [4.78, 5) is 17.0. The number of ether oxygens (including phenoxy) is 1. The van der Waals surface area contributed by atoms with E-state index in [1.807, 2.05) is 22.9 Å². The van der Waals surface area contributed by atoms with Crippen LogP contribution in [0.1, 0.15) is 35.3 Å². The number of hydrogen-bond acceptors (Lipinski definition) is 5. The molecular weight excluding hydrogens is 262 g/mol. The van der Waals surface area contributed by atoms with E-state index in [2.05, 4.69) is 11.1 Å². The third-order valence-corrected chi connectivity index (χ3v) is 3.75. The highest BCUT2D eigenvalue weighted by atomic mass is 32.1. The predicted octanol–water partition coefficient (Wildman–Crippen LogP) is 2.51. The summed E-state index contributed by atoms with van der Waals surface area (Å²) in [5.41, 5.74) is 6.16. The highest BCUT2D eigenvalue weighted by Crippen LogP contribution is 2.22. The number of aromatic nitrogens is 2. The van der Waals surface area contributed by atoms with Gasteiger partial charge in [0.25, 0.3) is 0 Å². The molecule has 2 aromatic heterocycles. The van der Waals surface area contributed by atoms with Crippen LogP contribution < -0.4 is 5.73 Å². The molecule has 2 N–H and O–H groups in total. The molecule has 2 rings (SSSR count). The molecule has 2 heterocycles. The first-order chi connectivity index (χ1) is 9.13. The summed E-state index contributed by atoms with van der Waals surface area (Å²) in [6, 6.07) is 4.25. The summed E-state index contributed by atoms with van der Waals surface area (Å²) >= 11 is 1.71. The summed E-state index contributed by atoms with van der Waals surface area (Å²) in [5, 5.41) is 2.05. The van der Waals surface area contributed by atoms with Crippen molar-refractivity contribution in [2.45, 2.75) is 26.3 Å². The molecule has 0 aliphatic rings. The maximum Gasteiger partial charge on any atom is 0.360 e. The monoisotopic (exact) mass is 279 g/mol. The molecule has 6 heteroatoms. The zero-order chi connectivity index (χ0) is 13.8. The second-order valence-corrected chi connectivity index (χ2v) is 5.27. The van der Waals surface area contributed by atoms with Crippen LogP contribution in [-0.4, -0.2) is 22.1 Å². The molecular formula is C13H17N3O2S. The Labute approximate surface area is 116 Å². The highest BCUT2D eigenvalue weighted by Gasteiger charge is 2.19. The first kappa shape index (κ1) is 13.6. The van der Waals surface area contributed by atoms with E-state index in [-0.39, 0.29) is 11.7 Å². The summed E-state index contributed by atoms with van der Waals surface area (Å²) in [6.07, 6.45) is 2.46. The van der Waals surface area contributed by atoms with Crippen LogP contribution in [0.25, 0.3) is 0 Å². The molecule has 1 atom stereocenters. The molecule has 0 bridgehead atoms. The van der Waals surface area contributed by atoms with Crippen LogP contribution in [-0.2, 0) is 11.2 Å². The van der Waals surface area contributed by atoms with E-state index in [1.165, 1.54) is 4.88 Å². The average Bonchev–Trinajstić information content (AvgIpc) is 2.98. The van der Waals surface area contributed by atoms with Gasteiger partial charge in [-0.15, -0.1) is 11.3 Å². The Kier molecular flexibility index (Phi) is 4.21. The van der Waals surface area contributed by atoms with Crippen LogP contribution in [0.5, 0.6) is 0 Å². The quantitative estimate of drug-likeness (QED) is 0.854. The van der Waals surface area contributed by atoms with Crippen molar-refractivity contribution in [3.8, 4) is 0 Å². The van der Waals surface area contributed by atoms with E-state index in [4.69, 9.17) is 10.5 Å². The summed E-state index contributed by atoms with van der Waals surface area (Å²) in [6.45, 7) is 4.12. The van der Waals surface area contributed by atoms with E-state index in [1.54, 1.807) is 24.6 Å². The fourth-order valence-corrected chi connectivity index (χ4v) is 2.72. The maximum atomic E-state index is 11.6. The minimum absolute atomic E-state index is 0.148. The van der Waals surface area contributed by atoms with Gasteiger partial charge >= 0.3 is 5.97 Å². The molecule has 0 aliphatic carbocycles. The molecule has 102 valence electrons. The Morgan fingerprint density at radius 3 is 3.05 bits per heavy atom. The van der Waals surface area contributed by atoms with Gasteiger partial charge in [0.1, 0.15) is 5.82 Å². The van der Waals surface area contributed by atoms with Gasteiger partial charge in [0.05, 0.1) is 12.9 Å². The zero-order valence-electron chi connectivity index (χ0n) is 11.0. The molecule has 5 nitrogen and oxygen atoms in total. The van der Waals surface area contributed by atoms with E-state index in [0.29, 0.717) is 12.4 Å². The van der Waals surface area contributed by atoms with Crippen molar-refractivity contribution in [1.82, 2.24) is 9.55 Å². The lowest BCUT2D eigenvalue weighted by molar-refractivity contribution is 0.0521. The van der Waals surface area contributed by atoms with Crippen LogP contribution in [0, 0.1) is 0 Å². The van der Waals surface area contributed by atoms with E-state index >= 15 is 0 Å². The third kappa shape index (κ3) is 2.96. The lowest BCUT2D eigenvalue weighted by Gasteiger charge is -2.14. The molecule has 0 radical (unpaired) electrons. The standard InChI is InChI=1S/C13H17N3O2S/c1-3-18-13(17)11-12(14)16(8-15-11)9(2)7-10-5-4-6-19-10/h4-6,8-9H,3,7,14H2,1-2H3. The van der Waals surface area contributed by atoms with Crippen LogP contribution >= 0.6 is 11.3 Å². The van der Waals surface area contributed by atoms with Gasteiger partial charge in [0.2, 0.25) is 0 Å². The van der Waals surface area contributed by atoms with Gasteiger partial charge in [-0.1, -0.05) is 6.07 Å². The maximum absolute atomic E-state index is 11.6. The minimum atomic E-state index is -0.470. The Balaban J connectivity index is 2.14. The second-order valence-electron chi connectivity index (χ2n) is 4.24. The first-order valence-corrected chi connectivity index (χ1v) is 7.03. The molecule has 0 aromatic carbocycles. The number of carbonyl (C=O) groups excluding carboxylic acids is 1. The molecule has 0 aliphatic heterocycles. The van der Waals surface area contributed by atoms with Crippen molar-refractivity contribution in [3.63, 3.8) is 0 Å². The fourth-order valence-electron chi connectivity index (χ4n) is 1.90. The van der Waals surface area contributed by atoms with Crippen molar-refractivity contribution in [1.29, 1.82) is 0 Å². The van der Waals surface area contributed by atoms with Gasteiger partial charge in [-0.25, -0.2) is 9.78 Å². The molecule has 0 fully saturated rings. The van der Waals surface area contributed by atoms with Gasteiger partial charge < -0.3 is 15.0 Å². The number of esters is 1. The molecule has 19 heavy (non-hydrogen) atoms. The molecule has 1 unspecified atom stereocenters. The molecule has 2 aromatic rings. The number of nitrogen functional groups attached to an aromatic ring is 1. The predicted molar refractivity (Wildman–Crippen MR) is 75.3 cm³/mol. The lowest BCUT2D eigenvalue weighted by atomic mass is 10.2. The number of nitrogens with two attached hydrogens (primary N) is 1. The third-order valence-electron chi connectivity index (χ3n) is 2.85. The van der Waals surface area contributed by atoms with Crippen molar-refractivity contribution in [2.75, 3.05) is 12.3 Å². The summed E-state index contributed by atoms with van der Waals surface area (Å²) < 4.78 is 6.73. The van der Waals surface area contributed by atoms with Crippen LogP contribution in [0.3, 0.4) is 0 Å². The van der Waals surface area contributed by atoms with E-state index in [0.717, 1.165) is 6.42 Å². The Morgan fingerprint density at radius 1 is 1.63 bits per heavy atom. The van der Waals surface area contributed by atoms with Crippen LogP contribution in [0.4, 0.5) is 5.82 Å². The topological polar surface area (TPSA) is 70.1 Å². The fraction of sp³-hybridized carbons (Fsp3) is 0.385. The number of imidazole rings is 1. The Hall–Kier alpha value is -1.82. The summed E-state index contributed by atoms with van der Waals surface area (Å²) in [5.74, 6) is -0.107. The highest BCUT2D eigenvalue weighted by molar-refractivity contribution is 7.09. The van der Waals surface area contributed by atoms with Crippen molar-refractivity contribution in [3.05, 3.63) is 34.4 Å². The Bertz CT molecular complexity index is 548. The molecule has 0 saturated heterocycles. The van der Waals surface area contributed by atoms with Crippen LogP contribution in [0.2, 0.25) is 0 Å². The second kappa shape index (κ2) is 5.88. The number of anilines is 1. The van der Waals surface area contributed by atoms with E-state index < -0.39 is 5.97 Å². The lowest BCUT2D eigenvalue weighted by Crippen LogP contribution is -2.13. The SMILES string of the molecule is CCOC(=O)c1ncn(C(C)Cc2cccs2)c1N. The van der Waals surface area contributed by atoms with Crippen LogP contribution in [0.15, 0.2) is 23.8 Å². The number of carbonyl (C=O) groups is 1. The molecule has 0 saturated carbocycles. The normalized spacial score (nSPS) is 12.3. The van der Waals surface area contributed by atoms with Gasteiger partial charge in [0.15, 0.2) is 5.69 Å². The van der Waals surface area contributed by atoms with Crippen molar-refractivity contribution in [2.24, 2.45) is 0 Å². The number of thiophene rings is 1. The van der Waals surface area contributed by atoms with Crippen molar-refractivity contribution < 1.29 is 9.53 Å². The zero-order valence-corrected chi connectivity index (χ0v) is 11.8. The minimum Gasteiger partial charge on any atom is -0.461 e. The van der Waals surface area contributed by atoms with Gasteiger partial charge in [-0.3, -0.25) is 0 Å². The smallest absolute Gasteiger partial charge is 0.360 e. The Morgan fingerprint density at radius 2 is 2.42 bits per heavy atom. The molecule has 0 spiro atoms. The van der Waals surface area contributed by atoms with Gasteiger partial charge in [0, 0.05) is 17.3 Å². The van der Waals surface area contributed by atoms with E-state index in [9.17, 15) is 4.79 Å².